The van der Waals surface area contributed by atoms with Crippen molar-refractivity contribution in [2.75, 3.05) is 31.6 Å². The number of rotatable bonds is 7. The predicted octanol–water partition coefficient (Wildman–Crippen LogP) is 0.440. The first-order valence-electron chi connectivity index (χ1n) is 4.61. The molecule has 0 aromatic heterocycles. The Hall–Kier alpha value is -0.730. The van der Waals surface area contributed by atoms with Crippen LogP contribution in [-0.4, -0.2) is 42.4 Å². The van der Waals surface area contributed by atoms with Crippen molar-refractivity contribution >= 4 is 17.7 Å². The number of nitrogens with two attached hydrogens (primary N) is 1. The van der Waals surface area contributed by atoms with E-state index in [1.807, 2.05) is 6.07 Å². The molecule has 4 nitrogen and oxygen atoms in total. The van der Waals surface area contributed by atoms with Gasteiger partial charge in [-0.25, -0.2) is 0 Å². The lowest BCUT2D eigenvalue weighted by Crippen LogP contribution is -2.29. The Morgan fingerprint density at radius 1 is 1.64 bits per heavy atom. The summed E-state index contributed by atoms with van der Waals surface area (Å²) in [6, 6.07) is 2.01. The summed E-state index contributed by atoms with van der Waals surface area (Å²) in [6.45, 7) is 1.19. The van der Waals surface area contributed by atoms with Gasteiger partial charge in [-0.1, -0.05) is 0 Å². The van der Waals surface area contributed by atoms with Gasteiger partial charge in [0, 0.05) is 13.6 Å². The Bertz CT molecular complexity index is 203. The van der Waals surface area contributed by atoms with Crippen molar-refractivity contribution in [3.63, 3.8) is 0 Å². The van der Waals surface area contributed by atoms with Gasteiger partial charge in [0.15, 0.2) is 0 Å². The van der Waals surface area contributed by atoms with E-state index in [0.717, 1.165) is 12.2 Å². The van der Waals surface area contributed by atoms with Crippen molar-refractivity contribution in [1.82, 2.24) is 4.90 Å². The van der Waals surface area contributed by atoms with Crippen molar-refractivity contribution in [3.05, 3.63) is 0 Å². The van der Waals surface area contributed by atoms with Crippen molar-refractivity contribution < 1.29 is 4.79 Å². The number of carbonyl (C=O) groups excluding carboxylic acids is 1. The summed E-state index contributed by atoms with van der Waals surface area (Å²) in [6.07, 6.45) is 1.34. The van der Waals surface area contributed by atoms with E-state index in [9.17, 15) is 4.79 Å². The monoisotopic (exact) mass is 215 g/mol. The molecule has 0 saturated carbocycles. The van der Waals surface area contributed by atoms with Crippen molar-refractivity contribution in [2.24, 2.45) is 5.73 Å². The summed E-state index contributed by atoms with van der Waals surface area (Å²) in [7, 11) is 1.73. The second-order valence-electron chi connectivity index (χ2n) is 2.92. The van der Waals surface area contributed by atoms with Gasteiger partial charge in [-0.2, -0.15) is 17.0 Å². The van der Waals surface area contributed by atoms with Gasteiger partial charge in [-0.15, -0.1) is 0 Å². The van der Waals surface area contributed by atoms with Crippen LogP contribution in [-0.2, 0) is 4.79 Å². The highest BCUT2D eigenvalue weighted by Gasteiger charge is 2.07. The van der Waals surface area contributed by atoms with Crippen LogP contribution < -0.4 is 5.73 Å². The van der Waals surface area contributed by atoms with Crippen LogP contribution in [0.2, 0.25) is 0 Å². The molecule has 14 heavy (non-hydrogen) atoms. The summed E-state index contributed by atoms with van der Waals surface area (Å²) < 4.78 is 0. The number of nitriles is 1. The summed E-state index contributed by atoms with van der Waals surface area (Å²) in [5.41, 5.74) is 5.33. The highest BCUT2D eigenvalue weighted by Crippen LogP contribution is 2.03. The molecule has 1 amide bonds. The number of nitrogens with zero attached hydrogens (tertiary/aromatic N) is 2. The zero-order valence-corrected chi connectivity index (χ0v) is 9.35. The Balaban J connectivity index is 3.48. The second kappa shape index (κ2) is 8.85. The van der Waals surface area contributed by atoms with E-state index in [1.165, 1.54) is 0 Å². The molecule has 0 spiro atoms. The van der Waals surface area contributed by atoms with Crippen LogP contribution in [0.5, 0.6) is 0 Å². The number of hydrogen-bond donors (Lipinski definition) is 1. The van der Waals surface area contributed by atoms with Crippen LogP contribution in [0.15, 0.2) is 0 Å². The highest BCUT2D eigenvalue weighted by molar-refractivity contribution is 7.99. The molecule has 2 N–H and O–H groups in total. The van der Waals surface area contributed by atoms with Gasteiger partial charge in [0.25, 0.3) is 0 Å². The minimum atomic E-state index is 0.0854. The molecule has 0 bridgehead atoms. The molecule has 5 heteroatoms. The van der Waals surface area contributed by atoms with Gasteiger partial charge in [-0.3, -0.25) is 4.79 Å². The Morgan fingerprint density at radius 2 is 2.36 bits per heavy atom. The van der Waals surface area contributed by atoms with Crippen molar-refractivity contribution in [2.45, 2.75) is 12.8 Å². The molecule has 0 saturated heterocycles. The average molecular weight is 215 g/mol. The Kier molecular flexibility index (Phi) is 8.39. The molecule has 0 radical (unpaired) electrons. The van der Waals surface area contributed by atoms with Gasteiger partial charge in [-0.05, 0) is 18.7 Å². The van der Waals surface area contributed by atoms with Gasteiger partial charge < -0.3 is 10.6 Å². The summed E-state index contributed by atoms with van der Waals surface area (Å²) >= 11 is 1.59. The lowest BCUT2D eigenvalue weighted by molar-refractivity contribution is -0.127. The van der Waals surface area contributed by atoms with Crippen LogP contribution in [0.4, 0.5) is 0 Å². The average Bonchev–Trinajstić information content (AvgIpc) is 2.20. The maximum atomic E-state index is 11.4. The normalized spacial score (nSPS) is 9.50. The zero-order chi connectivity index (χ0) is 10.8. The van der Waals surface area contributed by atoms with Crippen LogP contribution in [0.3, 0.4) is 0 Å². The first-order valence-corrected chi connectivity index (χ1v) is 5.76. The van der Waals surface area contributed by atoms with Gasteiger partial charge >= 0.3 is 0 Å². The van der Waals surface area contributed by atoms with Crippen molar-refractivity contribution in [3.8, 4) is 6.07 Å². The third-order valence-electron chi connectivity index (χ3n) is 1.70. The number of amides is 1. The van der Waals surface area contributed by atoms with Crippen LogP contribution in [0, 0.1) is 11.3 Å². The van der Waals surface area contributed by atoms with Crippen LogP contribution >= 0.6 is 11.8 Å². The number of carbonyl (C=O) groups is 1. The molecule has 0 atom stereocenters. The SMILES string of the molecule is CN(CCC#N)C(=O)CSCCCN. The van der Waals surface area contributed by atoms with Gasteiger partial charge in [0.1, 0.15) is 0 Å². The third kappa shape index (κ3) is 6.75. The van der Waals surface area contributed by atoms with E-state index < -0.39 is 0 Å². The number of hydrogen-bond acceptors (Lipinski definition) is 4. The molecule has 0 rings (SSSR count). The highest BCUT2D eigenvalue weighted by atomic mass is 32.2. The van der Waals surface area contributed by atoms with E-state index in [0.29, 0.717) is 25.3 Å². The summed E-state index contributed by atoms with van der Waals surface area (Å²) in [4.78, 5) is 13.0. The van der Waals surface area contributed by atoms with E-state index in [2.05, 4.69) is 0 Å². The minimum Gasteiger partial charge on any atom is -0.344 e. The van der Waals surface area contributed by atoms with E-state index in [1.54, 1.807) is 23.7 Å². The fourth-order valence-corrected chi connectivity index (χ4v) is 1.71. The fourth-order valence-electron chi connectivity index (χ4n) is 0.797. The number of thioether (sulfide) groups is 1. The fraction of sp³-hybridized carbons (Fsp3) is 0.778. The Morgan fingerprint density at radius 3 is 2.93 bits per heavy atom. The molecule has 0 aliphatic heterocycles. The smallest absolute Gasteiger partial charge is 0.232 e. The van der Waals surface area contributed by atoms with Gasteiger partial charge in [0.05, 0.1) is 18.2 Å². The second-order valence-corrected chi connectivity index (χ2v) is 4.02. The summed E-state index contributed by atoms with van der Waals surface area (Å²) in [5, 5.41) is 8.34. The first-order chi connectivity index (χ1) is 6.72. The first kappa shape index (κ1) is 13.3. The van der Waals surface area contributed by atoms with Gasteiger partial charge in [0.2, 0.25) is 5.91 Å². The predicted molar refractivity (Wildman–Crippen MR) is 58.9 cm³/mol. The molecule has 0 aliphatic rings. The minimum absolute atomic E-state index is 0.0854. The van der Waals surface area contributed by atoms with Crippen LogP contribution in [0.25, 0.3) is 0 Å². The molecule has 0 fully saturated rings. The largest absolute Gasteiger partial charge is 0.344 e. The molecular weight excluding hydrogens is 198 g/mol. The molecule has 0 aromatic rings. The molecule has 80 valence electrons. The lowest BCUT2D eigenvalue weighted by Gasteiger charge is -2.14. The molecular formula is C9H17N3OS. The maximum absolute atomic E-state index is 11.4. The Labute approximate surface area is 89.4 Å². The summed E-state index contributed by atoms with van der Waals surface area (Å²) in [5.74, 6) is 1.50. The molecule has 0 unspecified atom stereocenters. The lowest BCUT2D eigenvalue weighted by atomic mass is 10.4. The van der Waals surface area contributed by atoms with E-state index in [4.69, 9.17) is 11.0 Å². The van der Waals surface area contributed by atoms with Crippen molar-refractivity contribution in [1.29, 1.82) is 5.26 Å². The maximum Gasteiger partial charge on any atom is 0.232 e. The van der Waals surface area contributed by atoms with E-state index in [-0.39, 0.29) is 5.91 Å². The topological polar surface area (TPSA) is 70.1 Å². The molecule has 0 aromatic carbocycles. The third-order valence-corrected chi connectivity index (χ3v) is 2.73. The van der Waals surface area contributed by atoms with Crippen LogP contribution in [0.1, 0.15) is 12.8 Å². The standard InChI is InChI=1S/C9H17N3OS/c1-12(6-2-4-10)9(13)8-14-7-3-5-11/h2-3,5-8,11H2,1H3. The molecule has 0 heterocycles. The molecule has 0 aliphatic carbocycles. The zero-order valence-electron chi connectivity index (χ0n) is 8.53. The quantitative estimate of drug-likeness (QED) is 0.626. The van der Waals surface area contributed by atoms with E-state index >= 15 is 0 Å².